The summed E-state index contributed by atoms with van der Waals surface area (Å²) in [6.45, 7) is 9.60. The lowest BCUT2D eigenvalue weighted by molar-refractivity contribution is 0.192. The van der Waals surface area contributed by atoms with E-state index in [4.69, 9.17) is 0 Å². The van der Waals surface area contributed by atoms with Crippen LogP contribution in [-0.2, 0) is 0 Å². The molecule has 3 atom stereocenters. The summed E-state index contributed by atoms with van der Waals surface area (Å²) >= 11 is 0. The number of aliphatic hydroxyl groups excluding tert-OH is 1. The molecule has 0 heterocycles. The smallest absolute Gasteiger partial charge is 0.0487 e. The summed E-state index contributed by atoms with van der Waals surface area (Å²) in [5, 5.41) is 9.28. The van der Waals surface area contributed by atoms with Gasteiger partial charge in [-0.1, -0.05) is 32.4 Å². The van der Waals surface area contributed by atoms with Crippen molar-refractivity contribution in [1.29, 1.82) is 0 Å². The van der Waals surface area contributed by atoms with Gasteiger partial charge in [-0.05, 0) is 48.9 Å². The summed E-state index contributed by atoms with van der Waals surface area (Å²) in [4.78, 5) is 0. The van der Waals surface area contributed by atoms with E-state index in [0.717, 1.165) is 11.8 Å². The van der Waals surface area contributed by atoms with Gasteiger partial charge in [-0.3, -0.25) is 0 Å². The van der Waals surface area contributed by atoms with E-state index >= 15 is 0 Å². The second-order valence-electron chi connectivity index (χ2n) is 6.49. The second kappa shape index (κ2) is 3.35. The molecule has 3 unspecified atom stereocenters. The first kappa shape index (κ1) is 11.2. The first-order chi connectivity index (χ1) is 6.90. The Morgan fingerprint density at radius 3 is 2.40 bits per heavy atom. The molecule has 2 aliphatic carbocycles. The summed E-state index contributed by atoms with van der Waals surface area (Å²) in [6.07, 6.45) is 6.19. The quantitative estimate of drug-likeness (QED) is 0.705. The highest BCUT2D eigenvalue weighted by atomic mass is 16.3. The molecule has 0 aliphatic heterocycles. The van der Waals surface area contributed by atoms with Gasteiger partial charge in [0.05, 0.1) is 0 Å². The fourth-order valence-corrected chi connectivity index (χ4v) is 3.00. The van der Waals surface area contributed by atoms with Crippen molar-refractivity contribution in [2.75, 3.05) is 6.61 Å². The molecule has 86 valence electrons. The van der Waals surface area contributed by atoms with Gasteiger partial charge in [-0.15, -0.1) is 0 Å². The van der Waals surface area contributed by atoms with Crippen molar-refractivity contribution in [3.05, 3.63) is 11.6 Å². The van der Waals surface area contributed by atoms with Gasteiger partial charge in [0.25, 0.3) is 0 Å². The van der Waals surface area contributed by atoms with E-state index in [9.17, 15) is 5.11 Å². The Bertz CT molecular complexity index is 290. The molecule has 0 radical (unpaired) electrons. The summed E-state index contributed by atoms with van der Waals surface area (Å²) in [7, 11) is 0. The third kappa shape index (κ3) is 1.75. The van der Waals surface area contributed by atoms with Gasteiger partial charge in [0.2, 0.25) is 0 Å². The summed E-state index contributed by atoms with van der Waals surface area (Å²) in [5.74, 6) is 1.57. The van der Waals surface area contributed by atoms with E-state index in [0.29, 0.717) is 12.0 Å². The first-order valence-electron chi connectivity index (χ1n) is 6.18. The minimum Gasteiger partial charge on any atom is -0.396 e. The molecular weight excluding hydrogens is 184 g/mol. The molecule has 0 amide bonds. The van der Waals surface area contributed by atoms with Crippen LogP contribution >= 0.6 is 0 Å². The fourth-order valence-electron chi connectivity index (χ4n) is 3.00. The molecular formula is C14H24O. The van der Waals surface area contributed by atoms with Crippen LogP contribution in [0.1, 0.15) is 47.0 Å². The van der Waals surface area contributed by atoms with Crippen LogP contribution in [0.3, 0.4) is 0 Å². The lowest BCUT2D eigenvalue weighted by atomic mass is 9.75. The summed E-state index contributed by atoms with van der Waals surface area (Å²) in [5.41, 5.74) is 2.20. The molecule has 2 aliphatic rings. The number of hydrogen-bond donors (Lipinski definition) is 1. The molecule has 1 heteroatoms. The Hall–Kier alpha value is -0.300. The number of allylic oxidation sites excluding steroid dienone is 2. The Labute approximate surface area is 93.6 Å². The fraction of sp³-hybridized carbons (Fsp3) is 0.857. The molecule has 0 aromatic carbocycles. The summed E-state index contributed by atoms with van der Waals surface area (Å²) in [6, 6.07) is 0. The van der Waals surface area contributed by atoms with Crippen LogP contribution in [0.2, 0.25) is 0 Å². The van der Waals surface area contributed by atoms with E-state index < -0.39 is 0 Å². The van der Waals surface area contributed by atoms with Crippen LogP contribution in [0.15, 0.2) is 11.6 Å². The van der Waals surface area contributed by atoms with E-state index in [1.807, 2.05) is 0 Å². The molecule has 1 saturated carbocycles. The van der Waals surface area contributed by atoms with Crippen molar-refractivity contribution < 1.29 is 5.11 Å². The van der Waals surface area contributed by atoms with Crippen molar-refractivity contribution >= 4 is 0 Å². The minimum atomic E-state index is 0.257. The van der Waals surface area contributed by atoms with Gasteiger partial charge in [0.15, 0.2) is 0 Å². The van der Waals surface area contributed by atoms with E-state index in [-0.39, 0.29) is 5.41 Å². The zero-order valence-corrected chi connectivity index (χ0v) is 10.5. The molecule has 0 saturated heterocycles. The van der Waals surface area contributed by atoms with Crippen LogP contribution in [0.25, 0.3) is 0 Å². The van der Waals surface area contributed by atoms with Crippen LogP contribution in [0.4, 0.5) is 0 Å². The van der Waals surface area contributed by atoms with Gasteiger partial charge < -0.3 is 5.11 Å². The van der Waals surface area contributed by atoms with Gasteiger partial charge in [-0.25, -0.2) is 0 Å². The molecule has 1 N–H and O–H groups in total. The SMILES string of the molecule is CC1=CCC(CC2CC2(C)CO)C1(C)C. The maximum absolute atomic E-state index is 9.28. The Morgan fingerprint density at radius 2 is 2.00 bits per heavy atom. The first-order valence-corrected chi connectivity index (χ1v) is 6.18. The Morgan fingerprint density at radius 1 is 1.33 bits per heavy atom. The zero-order chi connectivity index (χ0) is 11.3. The molecule has 2 rings (SSSR count). The van der Waals surface area contributed by atoms with Crippen molar-refractivity contribution in [2.24, 2.45) is 22.7 Å². The molecule has 0 aromatic rings. The highest BCUT2D eigenvalue weighted by Crippen LogP contribution is 2.58. The van der Waals surface area contributed by atoms with E-state index in [2.05, 4.69) is 33.8 Å². The van der Waals surface area contributed by atoms with Crippen LogP contribution in [-0.4, -0.2) is 11.7 Å². The lowest BCUT2D eigenvalue weighted by Gasteiger charge is -2.30. The molecule has 1 nitrogen and oxygen atoms in total. The van der Waals surface area contributed by atoms with Crippen molar-refractivity contribution in [3.8, 4) is 0 Å². The van der Waals surface area contributed by atoms with Crippen LogP contribution < -0.4 is 0 Å². The lowest BCUT2D eigenvalue weighted by Crippen LogP contribution is -2.22. The molecule has 0 bridgehead atoms. The van der Waals surface area contributed by atoms with E-state index in [1.165, 1.54) is 19.3 Å². The molecule has 1 fully saturated rings. The molecule has 0 spiro atoms. The van der Waals surface area contributed by atoms with Crippen molar-refractivity contribution in [3.63, 3.8) is 0 Å². The van der Waals surface area contributed by atoms with Crippen LogP contribution in [0.5, 0.6) is 0 Å². The van der Waals surface area contributed by atoms with Gasteiger partial charge >= 0.3 is 0 Å². The van der Waals surface area contributed by atoms with Crippen molar-refractivity contribution in [1.82, 2.24) is 0 Å². The monoisotopic (exact) mass is 208 g/mol. The maximum Gasteiger partial charge on any atom is 0.0487 e. The molecule has 0 aromatic heterocycles. The highest BCUT2D eigenvalue weighted by molar-refractivity contribution is 5.19. The van der Waals surface area contributed by atoms with Gasteiger partial charge in [0, 0.05) is 6.61 Å². The average molecular weight is 208 g/mol. The summed E-state index contributed by atoms with van der Waals surface area (Å²) < 4.78 is 0. The number of aliphatic hydroxyl groups is 1. The largest absolute Gasteiger partial charge is 0.396 e. The van der Waals surface area contributed by atoms with Gasteiger partial charge in [0.1, 0.15) is 0 Å². The Kier molecular flexibility index (Phi) is 2.50. The minimum absolute atomic E-state index is 0.257. The third-order valence-corrected chi connectivity index (χ3v) is 5.21. The normalized spacial score (nSPS) is 42.9. The predicted molar refractivity (Wildman–Crippen MR) is 63.6 cm³/mol. The third-order valence-electron chi connectivity index (χ3n) is 5.21. The topological polar surface area (TPSA) is 20.2 Å². The maximum atomic E-state index is 9.28. The second-order valence-corrected chi connectivity index (χ2v) is 6.49. The molecule has 15 heavy (non-hydrogen) atoms. The predicted octanol–water partition coefficient (Wildman–Crippen LogP) is 3.39. The standard InChI is InChI=1S/C14H24O/c1-10-5-6-11(13(10,2)3)7-12-8-14(12,4)9-15/h5,11-12,15H,6-9H2,1-4H3. The van der Waals surface area contributed by atoms with Crippen molar-refractivity contribution in [2.45, 2.75) is 47.0 Å². The van der Waals surface area contributed by atoms with Crippen LogP contribution in [0, 0.1) is 22.7 Å². The number of rotatable bonds is 3. The average Bonchev–Trinajstić information content (AvgIpc) is 2.76. The highest BCUT2D eigenvalue weighted by Gasteiger charge is 2.51. The van der Waals surface area contributed by atoms with E-state index in [1.54, 1.807) is 5.57 Å². The van der Waals surface area contributed by atoms with Gasteiger partial charge in [-0.2, -0.15) is 0 Å². The number of hydrogen-bond acceptors (Lipinski definition) is 1. The zero-order valence-electron chi connectivity index (χ0n) is 10.5. The Balaban J connectivity index is 1.94.